The van der Waals surface area contributed by atoms with Crippen LogP contribution in [0.4, 0.5) is 5.95 Å². The number of nitrogen functional groups attached to an aromatic ring is 1. The van der Waals surface area contributed by atoms with Gasteiger partial charge >= 0.3 is 0 Å². The van der Waals surface area contributed by atoms with Crippen molar-refractivity contribution in [2.24, 2.45) is 0 Å². The van der Waals surface area contributed by atoms with Gasteiger partial charge in [-0.1, -0.05) is 0 Å². The number of hydrogen-bond donors (Lipinski definition) is 2. The van der Waals surface area contributed by atoms with Crippen LogP contribution >= 0.6 is 23.8 Å². The summed E-state index contributed by atoms with van der Waals surface area (Å²) >= 11 is 9.98. The van der Waals surface area contributed by atoms with Gasteiger partial charge in [0.1, 0.15) is 0 Å². The van der Waals surface area contributed by atoms with Crippen LogP contribution in [0.3, 0.4) is 0 Å². The van der Waals surface area contributed by atoms with E-state index < -0.39 is 0 Å². The van der Waals surface area contributed by atoms with E-state index in [2.05, 4.69) is 27.2 Å². The van der Waals surface area contributed by atoms with Gasteiger partial charge in [0.25, 0.3) is 0 Å². The van der Waals surface area contributed by atoms with Gasteiger partial charge in [-0.15, -0.1) is 0 Å². The highest BCUT2D eigenvalue weighted by Gasteiger charge is 1.89. The molecule has 9 heavy (non-hydrogen) atoms. The highest BCUT2D eigenvalue weighted by atomic mass is 35.5. The molecule has 48 valence electrons. The molecule has 1 heterocycles. The van der Waals surface area contributed by atoms with Gasteiger partial charge in [-0.05, 0) is 23.8 Å². The quantitative estimate of drug-likeness (QED) is 0.553. The first-order valence-corrected chi connectivity index (χ1v) is 2.86. The molecule has 0 atom stereocenters. The average molecular weight is 163 g/mol. The molecule has 1 aromatic rings. The molecule has 6 heteroatoms. The molecule has 1 aromatic heterocycles. The maximum Gasteiger partial charge on any atom is 0.225 e. The molecule has 0 spiro atoms. The molecule has 3 N–H and O–H groups in total. The first kappa shape index (κ1) is 6.44. The Kier molecular flexibility index (Phi) is 1.63. The van der Waals surface area contributed by atoms with Gasteiger partial charge in [-0.2, -0.15) is 9.97 Å². The monoisotopic (exact) mass is 162 g/mol. The third-order valence-corrected chi connectivity index (χ3v) is 1.00. The van der Waals surface area contributed by atoms with Crippen LogP contribution in [0.1, 0.15) is 0 Å². The second-order valence-corrected chi connectivity index (χ2v) is 2.03. The second-order valence-electron chi connectivity index (χ2n) is 1.31. The molecule has 0 saturated heterocycles. The van der Waals surface area contributed by atoms with Crippen molar-refractivity contribution in [3.05, 3.63) is 10.1 Å². The summed E-state index contributed by atoms with van der Waals surface area (Å²) in [7, 11) is 0. The largest absolute Gasteiger partial charge is 0.369 e. The minimum atomic E-state index is 0.149. The molecular formula is C3H3ClN4S. The first-order valence-electron chi connectivity index (χ1n) is 2.08. The smallest absolute Gasteiger partial charge is 0.225 e. The van der Waals surface area contributed by atoms with E-state index in [0.29, 0.717) is 0 Å². The lowest BCUT2D eigenvalue weighted by Crippen LogP contribution is -1.96. The number of H-pyrrole nitrogens is 1. The summed E-state index contributed by atoms with van der Waals surface area (Å²) < 4.78 is 0.149. The third kappa shape index (κ3) is 1.62. The van der Waals surface area contributed by atoms with Crippen LogP contribution in [0.5, 0.6) is 0 Å². The van der Waals surface area contributed by atoms with E-state index in [4.69, 9.17) is 17.3 Å². The fourth-order valence-electron chi connectivity index (χ4n) is 0.374. The van der Waals surface area contributed by atoms with Gasteiger partial charge in [0.2, 0.25) is 16.0 Å². The molecule has 0 amide bonds. The van der Waals surface area contributed by atoms with Crippen molar-refractivity contribution >= 4 is 29.8 Å². The Bertz CT molecular complexity index is 246. The molecule has 0 aromatic carbocycles. The Morgan fingerprint density at radius 1 is 1.56 bits per heavy atom. The standard InChI is InChI=1S/C3H3ClN4S/c4-1-6-2(5)8-3(9)7-1/h(H3,5,6,7,8,9). The number of anilines is 1. The number of aromatic nitrogens is 3. The SMILES string of the molecule is Nc1nc(=S)nc(Cl)[nH]1. The lowest BCUT2D eigenvalue weighted by molar-refractivity contribution is 1.04. The Balaban J connectivity index is 3.33. The Morgan fingerprint density at radius 2 is 2.22 bits per heavy atom. The van der Waals surface area contributed by atoms with Crippen molar-refractivity contribution in [3.63, 3.8) is 0 Å². The van der Waals surface area contributed by atoms with Gasteiger partial charge in [0.15, 0.2) is 0 Å². The zero-order valence-corrected chi connectivity index (χ0v) is 5.83. The van der Waals surface area contributed by atoms with Gasteiger partial charge in [0.05, 0.1) is 0 Å². The van der Waals surface area contributed by atoms with E-state index in [1.54, 1.807) is 0 Å². The number of nitrogens with one attached hydrogen (secondary N) is 1. The van der Waals surface area contributed by atoms with E-state index in [-0.39, 0.29) is 16.0 Å². The predicted molar refractivity (Wildman–Crippen MR) is 36.6 cm³/mol. The van der Waals surface area contributed by atoms with E-state index in [0.717, 1.165) is 0 Å². The number of rotatable bonds is 0. The number of halogens is 1. The van der Waals surface area contributed by atoms with Crippen molar-refractivity contribution < 1.29 is 0 Å². The fourth-order valence-corrected chi connectivity index (χ4v) is 0.790. The van der Waals surface area contributed by atoms with Crippen LogP contribution in [0.25, 0.3) is 0 Å². The summed E-state index contributed by atoms with van der Waals surface area (Å²) in [6, 6.07) is 0. The third-order valence-electron chi connectivity index (χ3n) is 0.641. The average Bonchev–Trinajstić information content (AvgIpc) is 1.59. The highest BCUT2D eigenvalue weighted by molar-refractivity contribution is 7.71. The zero-order valence-electron chi connectivity index (χ0n) is 4.26. The molecule has 1 rings (SSSR count). The molecule has 0 aliphatic heterocycles. The Hall–Kier alpha value is -0.680. The Morgan fingerprint density at radius 3 is 2.67 bits per heavy atom. The van der Waals surface area contributed by atoms with Crippen LogP contribution in [-0.4, -0.2) is 15.0 Å². The maximum absolute atomic E-state index is 5.40. The van der Waals surface area contributed by atoms with Gasteiger partial charge in [-0.3, -0.25) is 0 Å². The topological polar surface area (TPSA) is 67.6 Å². The number of nitrogens with zero attached hydrogens (tertiary/aromatic N) is 2. The van der Waals surface area contributed by atoms with Crippen LogP contribution < -0.4 is 5.73 Å². The molecule has 0 unspecified atom stereocenters. The van der Waals surface area contributed by atoms with Crippen molar-refractivity contribution in [2.45, 2.75) is 0 Å². The summed E-state index contributed by atoms with van der Waals surface area (Å²) in [6.07, 6.45) is 0. The molecule has 0 radical (unpaired) electrons. The van der Waals surface area contributed by atoms with Crippen molar-refractivity contribution in [2.75, 3.05) is 5.73 Å². The zero-order chi connectivity index (χ0) is 6.85. The second kappa shape index (κ2) is 2.28. The molecule has 0 aliphatic carbocycles. The lowest BCUT2D eigenvalue weighted by Gasteiger charge is -1.90. The normalized spacial score (nSPS) is 9.44. The summed E-state index contributed by atoms with van der Waals surface area (Å²) in [6.45, 7) is 0. The van der Waals surface area contributed by atoms with Crippen molar-refractivity contribution in [1.82, 2.24) is 15.0 Å². The van der Waals surface area contributed by atoms with E-state index in [1.807, 2.05) is 0 Å². The number of hydrogen-bond acceptors (Lipinski definition) is 4. The minimum Gasteiger partial charge on any atom is -0.369 e. The molecular weight excluding hydrogens is 160 g/mol. The van der Waals surface area contributed by atoms with Gasteiger partial charge in [-0.25, -0.2) is 0 Å². The molecule has 0 bridgehead atoms. The maximum atomic E-state index is 5.40. The number of aromatic amines is 1. The molecule has 4 nitrogen and oxygen atoms in total. The summed E-state index contributed by atoms with van der Waals surface area (Å²) in [5.74, 6) is 0.181. The van der Waals surface area contributed by atoms with E-state index >= 15 is 0 Å². The molecule has 0 fully saturated rings. The molecule has 0 aliphatic rings. The summed E-state index contributed by atoms with van der Waals surface area (Å²) in [4.78, 5) is 9.61. The molecule has 0 saturated carbocycles. The van der Waals surface area contributed by atoms with Crippen LogP contribution in [-0.2, 0) is 0 Å². The summed E-state index contributed by atoms with van der Waals surface area (Å²) in [5.41, 5.74) is 5.20. The Labute approximate surface area is 61.1 Å². The van der Waals surface area contributed by atoms with Gasteiger partial charge < -0.3 is 10.7 Å². The highest BCUT2D eigenvalue weighted by Crippen LogP contribution is 1.98. The van der Waals surface area contributed by atoms with Gasteiger partial charge in [0, 0.05) is 0 Å². The van der Waals surface area contributed by atoms with E-state index in [9.17, 15) is 0 Å². The minimum absolute atomic E-state index is 0.149. The van der Waals surface area contributed by atoms with E-state index in [1.165, 1.54) is 0 Å². The fraction of sp³-hybridized carbons (Fsp3) is 0. The van der Waals surface area contributed by atoms with Crippen molar-refractivity contribution in [3.8, 4) is 0 Å². The van der Waals surface area contributed by atoms with Crippen LogP contribution in [0.15, 0.2) is 0 Å². The van der Waals surface area contributed by atoms with Crippen LogP contribution in [0.2, 0.25) is 5.28 Å². The lowest BCUT2D eigenvalue weighted by atomic mass is 11.0. The van der Waals surface area contributed by atoms with Crippen LogP contribution in [0, 0.1) is 4.77 Å². The number of nitrogens with two attached hydrogens (primary N) is 1. The summed E-state index contributed by atoms with van der Waals surface area (Å²) in [5, 5.41) is 0.160. The predicted octanol–water partition coefficient (Wildman–Crippen LogP) is 0.770. The first-order chi connectivity index (χ1) is 4.18. The van der Waals surface area contributed by atoms with Crippen molar-refractivity contribution in [1.29, 1.82) is 0 Å².